The van der Waals surface area contributed by atoms with Crippen molar-refractivity contribution in [2.24, 2.45) is 5.92 Å². The van der Waals surface area contributed by atoms with Crippen molar-refractivity contribution in [3.05, 3.63) is 12.8 Å². The van der Waals surface area contributed by atoms with Crippen LogP contribution in [0.15, 0.2) is 12.8 Å². The Hall–Kier alpha value is -0.790. The lowest BCUT2D eigenvalue weighted by atomic mass is 9.94. The molecule has 0 rings (SSSR count). The van der Waals surface area contributed by atoms with Crippen LogP contribution < -0.4 is 0 Å². The van der Waals surface area contributed by atoms with E-state index in [9.17, 15) is 4.79 Å². The topological polar surface area (TPSA) is 26.3 Å². The van der Waals surface area contributed by atoms with Crippen molar-refractivity contribution in [2.45, 2.75) is 104 Å². The summed E-state index contributed by atoms with van der Waals surface area (Å²) in [6.07, 6.45) is 18.5. The number of hydrogen-bond acceptors (Lipinski definition) is 2. The van der Waals surface area contributed by atoms with Crippen molar-refractivity contribution in [2.75, 3.05) is 0 Å². The number of hydrogen-bond donors (Lipinski definition) is 0. The van der Waals surface area contributed by atoms with E-state index in [0.29, 0.717) is 0 Å². The Labute approximate surface area is 138 Å². The van der Waals surface area contributed by atoms with E-state index in [2.05, 4.69) is 20.4 Å². The Balaban J connectivity index is 3.84. The summed E-state index contributed by atoms with van der Waals surface area (Å²) in [5.41, 5.74) is 0. The van der Waals surface area contributed by atoms with Gasteiger partial charge >= 0.3 is 5.97 Å². The summed E-state index contributed by atoms with van der Waals surface area (Å²) in [7, 11) is 0. The molecular formula is C20H38O2. The maximum atomic E-state index is 12.0. The average Bonchev–Trinajstić information content (AvgIpc) is 2.52. The third-order valence-electron chi connectivity index (χ3n) is 4.35. The molecule has 0 fully saturated rings. The minimum absolute atomic E-state index is 0.0721. The number of esters is 1. The summed E-state index contributed by atoms with van der Waals surface area (Å²) >= 11 is 0. The minimum atomic E-state index is -0.0721. The van der Waals surface area contributed by atoms with E-state index >= 15 is 0 Å². The molecule has 0 unspecified atom stereocenters. The lowest BCUT2D eigenvalue weighted by Crippen LogP contribution is -2.16. The van der Waals surface area contributed by atoms with Crippen LogP contribution >= 0.6 is 0 Å². The second-order valence-corrected chi connectivity index (χ2v) is 6.41. The second-order valence-electron chi connectivity index (χ2n) is 6.41. The first-order valence-electron chi connectivity index (χ1n) is 9.57. The highest BCUT2D eigenvalue weighted by atomic mass is 16.5. The van der Waals surface area contributed by atoms with Crippen molar-refractivity contribution < 1.29 is 9.53 Å². The van der Waals surface area contributed by atoms with Gasteiger partial charge in [0.2, 0.25) is 0 Å². The maximum Gasteiger partial charge on any atom is 0.313 e. The lowest BCUT2D eigenvalue weighted by Gasteiger charge is -2.14. The number of unbranched alkanes of at least 4 members (excludes halogenated alkanes) is 10. The first kappa shape index (κ1) is 21.2. The smallest absolute Gasteiger partial charge is 0.313 e. The molecule has 0 bridgehead atoms. The molecule has 22 heavy (non-hydrogen) atoms. The molecule has 0 heterocycles. The zero-order valence-corrected chi connectivity index (χ0v) is 15.1. The van der Waals surface area contributed by atoms with Crippen molar-refractivity contribution in [3.63, 3.8) is 0 Å². The predicted molar refractivity (Wildman–Crippen MR) is 95.8 cm³/mol. The molecule has 0 aliphatic carbocycles. The van der Waals surface area contributed by atoms with Crippen molar-refractivity contribution in [1.82, 2.24) is 0 Å². The van der Waals surface area contributed by atoms with Gasteiger partial charge in [-0.1, -0.05) is 97.5 Å². The largest absolute Gasteiger partial charge is 0.435 e. The fourth-order valence-electron chi connectivity index (χ4n) is 2.90. The van der Waals surface area contributed by atoms with E-state index < -0.39 is 0 Å². The molecule has 2 heteroatoms. The molecule has 0 N–H and O–H groups in total. The van der Waals surface area contributed by atoms with Gasteiger partial charge in [0.05, 0.1) is 12.2 Å². The first-order chi connectivity index (χ1) is 10.8. The maximum absolute atomic E-state index is 12.0. The molecule has 0 atom stereocenters. The van der Waals surface area contributed by atoms with Crippen LogP contribution in [0.25, 0.3) is 0 Å². The van der Waals surface area contributed by atoms with Gasteiger partial charge in [0.25, 0.3) is 0 Å². The zero-order valence-electron chi connectivity index (χ0n) is 15.1. The van der Waals surface area contributed by atoms with E-state index in [1.807, 2.05) is 0 Å². The van der Waals surface area contributed by atoms with Gasteiger partial charge in [-0.15, -0.1) is 0 Å². The van der Waals surface area contributed by atoms with Crippen LogP contribution in [0, 0.1) is 5.92 Å². The van der Waals surface area contributed by atoms with Gasteiger partial charge in [-0.25, -0.2) is 0 Å². The van der Waals surface area contributed by atoms with Crippen LogP contribution in [0.4, 0.5) is 0 Å². The number of rotatable bonds is 16. The molecule has 0 saturated heterocycles. The number of carbonyl (C=O) groups is 1. The normalized spacial score (nSPS) is 10.9. The third-order valence-corrected chi connectivity index (χ3v) is 4.35. The fourth-order valence-corrected chi connectivity index (χ4v) is 2.90. The molecule has 0 aliphatic heterocycles. The highest BCUT2D eigenvalue weighted by molar-refractivity contribution is 5.72. The molecule has 0 aromatic heterocycles. The van der Waals surface area contributed by atoms with Crippen LogP contribution in [0.1, 0.15) is 104 Å². The van der Waals surface area contributed by atoms with Gasteiger partial charge in [-0.2, -0.15) is 0 Å². The molecule has 2 nitrogen and oxygen atoms in total. The Morgan fingerprint density at radius 3 is 1.64 bits per heavy atom. The summed E-state index contributed by atoms with van der Waals surface area (Å²) in [5, 5.41) is 0. The van der Waals surface area contributed by atoms with E-state index in [0.717, 1.165) is 25.7 Å². The van der Waals surface area contributed by atoms with Crippen LogP contribution in [-0.2, 0) is 9.53 Å². The molecule has 0 aromatic carbocycles. The van der Waals surface area contributed by atoms with Gasteiger partial charge in [0.1, 0.15) is 0 Å². The quantitative estimate of drug-likeness (QED) is 0.178. The molecule has 0 amide bonds. The summed E-state index contributed by atoms with van der Waals surface area (Å²) in [6, 6.07) is 0. The van der Waals surface area contributed by atoms with Gasteiger partial charge in [-0.3, -0.25) is 4.79 Å². The van der Waals surface area contributed by atoms with Gasteiger partial charge in [0, 0.05) is 0 Å². The standard InChI is InChI=1S/C20H38O2/c1-4-7-9-11-13-15-17-19(20(21)22-6-3)18-16-14-12-10-8-5-2/h6,19H,3-5,7-18H2,1-2H3. The van der Waals surface area contributed by atoms with Gasteiger partial charge < -0.3 is 4.74 Å². The summed E-state index contributed by atoms with van der Waals surface area (Å²) in [5.74, 6) is 0.00691. The van der Waals surface area contributed by atoms with Gasteiger partial charge in [-0.05, 0) is 12.8 Å². The van der Waals surface area contributed by atoms with E-state index in [4.69, 9.17) is 4.74 Å². The molecule has 0 saturated carbocycles. The monoisotopic (exact) mass is 310 g/mol. The first-order valence-corrected chi connectivity index (χ1v) is 9.57. The zero-order chi connectivity index (χ0) is 16.5. The Morgan fingerprint density at radius 1 is 0.818 bits per heavy atom. The second kappa shape index (κ2) is 16.6. The number of carbonyl (C=O) groups excluding carboxylic acids is 1. The summed E-state index contributed by atoms with van der Waals surface area (Å²) in [4.78, 5) is 12.0. The fraction of sp³-hybridized carbons (Fsp3) is 0.850. The molecule has 0 aromatic rings. The Kier molecular flexibility index (Phi) is 16.0. The lowest BCUT2D eigenvalue weighted by molar-refractivity contribution is -0.143. The Morgan fingerprint density at radius 2 is 1.23 bits per heavy atom. The van der Waals surface area contributed by atoms with E-state index in [1.54, 1.807) is 0 Å². The van der Waals surface area contributed by atoms with Crippen LogP contribution in [0.3, 0.4) is 0 Å². The summed E-state index contributed by atoms with van der Waals surface area (Å²) in [6.45, 7) is 7.98. The SMILES string of the molecule is C=COC(=O)C(CCCCCCCC)CCCCCCCC. The number of ether oxygens (including phenoxy) is 1. The van der Waals surface area contributed by atoms with Crippen molar-refractivity contribution in [1.29, 1.82) is 0 Å². The third kappa shape index (κ3) is 12.9. The highest BCUT2D eigenvalue weighted by Gasteiger charge is 2.18. The summed E-state index contributed by atoms with van der Waals surface area (Å²) < 4.78 is 5.02. The van der Waals surface area contributed by atoms with E-state index in [-0.39, 0.29) is 11.9 Å². The molecule has 0 radical (unpaired) electrons. The van der Waals surface area contributed by atoms with Crippen molar-refractivity contribution in [3.8, 4) is 0 Å². The predicted octanol–water partition coefficient (Wildman–Crippen LogP) is 6.79. The highest BCUT2D eigenvalue weighted by Crippen LogP contribution is 2.20. The van der Waals surface area contributed by atoms with E-state index in [1.165, 1.54) is 70.5 Å². The average molecular weight is 311 g/mol. The van der Waals surface area contributed by atoms with Crippen LogP contribution in [0.5, 0.6) is 0 Å². The van der Waals surface area contributed by atoms with Gasteiger partial charge in [0.15, 0.2) is 0 Å². The van der Waals surface area contributed by atoms with Crippen molar-refractivity contribution >= 4 is 5.97 Å². The Bertz CT molecular complexity index is 244. The van der Waals surface area contributed by atoms with Crippen LogP contribution in [-0.4, -0.2) is 5.97 Å². The van der Waals surface area contributed by atoms with Crippen LogP contribution in [0.2, 0.25) is 0 Å². The molecule has 130 valence electrons. The molecule has 0 aliphatic rings. The molecule has 0 spiro atoms. The minimum Gasteiger partial charge on any atom is -0.435 e. The molecular weight excluding hydrogens is 272 g/mol.